The molecule has 3 rings (SSSR count). The topological polar surface area (TPSA) is 73.6 Å². The van der Waals surface area contributed by atoms with E-state index in [1.807, 2.05) is 26.0 Å². The van der Waals surface area contributed by atoms with E-state index in [1.165, 1.54) is 0 Å². The molecule has 6 nitrogen and oxygen atoms in total. The van der Waals surface area contributed by atoms with E-state index >= 15 is 0 Å². The van der Waals surface area contributed by atoms with Crippen molar-refractivity contribution in [1.82, 2.24) is 5.16 Å². The third kappa shape index (κ3) is 3.42. The zero-order valence-electron chi connectivity index (χ0n) is 14.7. The van der Waals surface area contributed by atoms with Crippen LogP contribution in [0.5, 0.6) is 11.5 Å². The summed E-state index contributed by atoms with van der Waals surface area (Å²) < 4.78 is 15.8. The Kier molecular flexibility index (Phi) is 4.61. The number of aryl methyl sites for hydroxylation is 2. The summed E-state index contributed by atoms with van der Waals surface area (Å²) in [5.41, 5.74) is 4.21. The van der Waals surface area contributed by atoms with E-state index in [0.29, 0.717) is 28.5 Å². The zero-order valence-corrected chi connectivity index (χ0v) is 14.7. The number of ether oxygens (including phenoxy) is 2. The van der Waals surface area contributed by atoms with Crippen molar-refractivity contribution in [2.75, 3.05) is 19.5 Å². The number of rotatable bonds is 5. The maximum Gasteiger partial charge on any atom is 0.230 e. The molecule has 0 aliphatic carbocycles. The van der Waals surface area contributed by atoms with Crippen molar-refractivity contribution < 1.29 is 18.8 Å². The monoisotopic (exact) mass is 340 g/mol. The number of hydrogen-bond acceptors (Lipinski definition) is 5. The summed E-state index contributed by atoms with van der Waals surface area (Å²) in [5, 5.41) is 7.75. The van der Waals surface area contributed by atoms with Crippen LogP contribution >= 0.6 is 0 Å². The van der Waals surface area contributed by atoms with Gasteiger partial charge in [-0.2, -0.15) is 0 Å². The fourth-order valence-corrected chi connectivity index (χ4v) is 2.64. The second kappa shape index (κ2) is 6.84. The predicted octanol–water partition coefficient (Wildman–Crippen LogP) is 3.64. The predicted molar refractivity (Wildman–Crippen MR) is 95.4 cm³/mol. The van der Waals surface area contributed by atoms with Gasteiger partial charge in [-0.05, 0) is 49.2 Å². The van der Waals surface area contributed by atoms with Crippen molar-refractivity contribution in [2.45, 2.75) is 20.3 Å². The Balaban J connectivity index is 1.78. The number of nitrogens with one attached hydrogen (secondary N) is 1. The van der Waals surface area contributed by atoms with Gasteiger partial charge in [0, 0.05) is 17.1 Å². The van der Waals surface area contributed by atoms with Crippen LogP contribution < -0.4 is 14.8 Å². The molecule has 0 unspecified atom stereocenters. The van der Waals surface area contributed by atoms with Crippen LogP contribution in [0.1, 0.15) is 16.8 Å². The number of hydrogen-bond donors (Lipinski definition) is 1. The smallest absolute Gasteiger partial charge is 0.230 e. The molecule has 6 heteroatoms. The van der Waals surface area contributed by atoms with E-state index in [4.69, 9.17) is 14.0 Å². The van der Waals surface area contributed by atoms with Gasteiger partial charge in [-0.25, -0.2) is 0 Å². The molecule has 0 bridgehead atoms. The molecule has 0 atom stereocenters. The largest absolute Gasteiger partial charge is 0.493 e. The number of benzene rings is 2. The Morgan fingerprint density at radius 3 is 2.52 bits per heavy atom. The highest BCUT2D eigenvalue weighted by atomic mass is 16.5. The molecule has 0 aliphatic rings. The van der Waals surface area contributed by atoms with E-state index < -0.39 is 0 Å². The molecule has 0 aliphatic heterocycles. The molecule has 2 aromatic carbocycles. The minimum Gasteiger partial charge on any atom is -0.493 e. The number of methoxy groups -OCH3 is 2. The Morgan fingerprint density at radius 1 is 1.08 bits per heavy atom. The van der Waals surface area contributed by atoms with Crippen LogP contribution in [-0.4, -0.2) is 25.3 Å². The number of carbonyl (C=O) groups is 1. The van der Waals surface area contributed by atoms with E-state index in [2.05, 4.69) is 10.5 Å². The molecule has 0 radical (unpaired) electrons. The third-order valence-electron chi connectivity index (χ3n) is 4.16. The van der Waals surface area contributed by atoms with Crippen molar-refractivity contribution in [3.8, 4) is 11.5 Å². The van der Waals surface area contributed by atoms with Crippen molar-refractivity contribution in [3.05, 3.63) is 47.2 Å². The number of carbonyl (C=O) groups excluding carboxylic acids is 1. The maximum atomic E-state index is 12.4. The average molecular weight is 340 g/mol. The summed E-state index contributed by atoms with van der Waals surface area (Å²) in [6.07, 6.45) is 0.129. The van der Waals surface area contributed by atoms with Crippen molar-refractivity contribution in [2.24, 2.45) is 0 Å². The molecule has 1 heterocycles. The highest BCUT2D eigenvalue weighted by Gasteiger charge is 2.14. The van der Waals surface area contributed by atoms with Crippen LogP contribution in [0.4, 0.5) is 5.69 Å². The van der Waals surface area contributed by atoms with Crippen LogP contribution in [-0.2, 0) is 11.2 Å². The Labute approximate surface area is 145 Å². The second-order valence-electron chi connectivity index (χ2n) is 5.86. The molecule has 0 fully saturated rings. The first-order chi connectivity index (χ1) is 12.0. The summed E-state index contributed by atoms with van der Waals surface area (Å²) in [5.74, 6) is 0.979. The molecule has 1 amide bonds. The van der Waals surface area contributed by atoms with Crippen molar-refractivity contribution in [3.63, 3.8) is 0 Å². The summed E-state index contributed by atoms with van der Waals surface area (Å²) in [6.45, 7) is 4.04. The summed E-state index contributed by atoms with van der Waals surface area (Å²) in [6, 6.07) is 9.15. The van der Waals surface area contributed by atoms with Crippen molar-refractivity contribution in [1.29, 1.82) is 0 Å². The minimum atomic E-state index is -0.180. The first-order valence-electron chi connectivity index (χ1n) is 7.89. The summed E-state index contributed by atoms with van der Waals surface area (Å²) in [7, 11) is 3.12. The Morgan fingerprint density at radius 2 is 1.80 bits per heavy atom. The minimum absolute atomic E-state index is 0.129. The molecule has 0 spiro atoms. The van der Waals surface area contributed by atoms with Gasteiger partial charge in [-0.3, -0.25) is 4.79 Å². The van der Waals surface area contributed by atoms with E-state index in [1.54, 1.807) is 32.4 Å². The van der Waals surface area contributed by atoms with Gasteiger partial charge < -0.3 is 19.3 Å². The van der Waals surface area contributed by atoms with Crippen LogP contribution in [0.15, 0.2) is 34.9 Å². The number of amides is 1. The van der Waals surface area contributed by atoms with E-state index in [0.717, 1.165) is 16.5 Å². The van der Waals surface area contributed by atoms with E-state index in [-0.39, 0.29) is 12.3 Å². The highest BCUT2D eigenvalue weighted by molar-refractivity contribution is 5.95. The number of nitrogens with zero attached hydrogens (tertiary/aromatic N) is 1. The summed E-state index contributed by atoms with van der Waals surface area (Å²) >= 11 is 0. The molecule has 0 saturated carbocycles. The van der Waals surface area contributed by atoms with Gasteiger partial charge in [-0.1, -0.05) is 5.16 Å². The lowest BCUT2D eigenvalue weighted by atomic mass is 10.1. The Bertz CT molecular complexity index is 931. The maximum absolute atomic E-state index is 12.4. The SMILES string of the molecule is COc1ccc(NC(=O)Cc2noc3cc(C)c(C)cc23)cc1OC. The molecule has 0 saturated heterocycles. The van der Waals surface area contributed by atoms with Crippen LogP contribution in [0.25, 0.3) is 11.0 Å². The molecular weight excluding hydrogens is 320 g/mol. The lowest BCUT2D eigenvalue weighted by Gasteiger charge is -2.10. The second-order valence-corrected chi connectivity index (χ2v) is 5.86. The van der Waals surface area contributed by atoms with Crippen LogP contribution in [0.2, 0.25) is 0 Å². The normalized spacial score (nSPS) is 10.7. The van der Waals surface area contributed by atoms with E-state index in [9.17, 15) is 4.79 Å². The zero-order chi connectivity index (χ0) is 18.0. The molecular formula is C19H20N2O4. The fourth-order valence-electron chi connectivity index (χ4n) is 2.64. The van der Waals surface area contributed by atoms with Gasteiger partial charge in [0.05, 0.1) is 20.6 Å². The number of anilines is 1. The highest BCUT2D eigenvalue weighted by Crippen LogP contribution is 2.30. The summed E-state index contributed by atoms with van der Waals surface area (Å²) in [4.78, 5) is 12.4. The first-order valence-corrected chi connectivity index (χ1v) is 7.89. The molecule has 130 valence electrons. The molecule has 25 heavy (non-hydrogen) atoms. The molecule has 1 aromatic heterocycles. The molecule has 3 aromatic rings. The fraction of sp³-hybridized carbons (Fsp3) is 0.263. The number of aromatic nitrogens is 1. The standard InChI is InChI=1S/C19H20N2O4/c1-11-7-14-15(21-25-17(14)8-12(11)2)10-19(22)20-13-5-6-16(23-3)18(9-13)24-4/h5-9H,10H2,1-4H3,(H,20,22). The lowest BCUT2D eigenvalue weighted by Crippen LogP contribution is -2.14. The number of fused-ring (bicyclic) bond motifs is 1. The molecule has 1 N–H and O–H groups in total. The van der Waals surface area contributed by atoms with Gasteiger partial charge in [0.15, 0.2) is 17.1 Å². The quantitative estimate of drug-likeness (QED) is 0.767. The van der Waals surface area contributed by atoms with Gasteiger partial charge >= 0.3 is 0 Å². The first kappa shape index (κ1) is 16.8. The third-order valence-corrected chi connectivity index (χ3v) is 4.16. The van der Waals surface area contributed by atoms with Gasteiger partial charge in [0.1, 0.15) is 5.69 Å². The van der Waals surface area contributed by atoms with Gasteiger partial charge in [0.25, 0.3) is 0 Å². The van der Waals surface area contributed by atoms with Crippen LogP contribution in [0, 0.1) is 13.8 Å². The lowest BCUT2D eigenvalue weighted by molar-refractivity contribution is -0.115. The average Bonchev–Trinajstić information content (AvgIpc) is 2.96. The van der Waals surface area contributed by atoms with Gasteiger partial charge in [-0.15, -0.1) is 0 Å². The Hall–Kier alpha value is -3.02. The van der Waals surface area contributed by atoms with Gasteiger partial charge in [0.2, 0.25) is 5.91 Å². The van der Waals surface area contributed by atoms with Crippen molar-refractivity contribution >= 4 is 22.6 Å². The van der Waals surface area contributed by atoms with Crippen LogP contribution in [0.3, 0.4) is 0 Å².